The fourth-order valence-electron chi connectivity index (χ4n) is 1.55. The van der Waals surface area contributed by atoms with Crippen LogP contribution in [0.4, 0.5) is 5.82 Å². The number of carbonyl (C=O) groups is 2. The van der Waals surface area contributed by atoms with E-state index in [1.165, 1.54) is 13.2 Å². The third-order valence-electron chi connectivity index (χ3n) is 2.48. The van der Waals surface area contributed by atoms with Crippen LogP contribution in [0, 0.1) is 6.92 Å². The molecule has 0 saturated carbocycles. The lowest BCUT2D eigenvalue weighted by molar-refractivity contribution is -0.139. The van der Waals surface area contributed by atoms with Crippen LogP contribution in [-0.2, 0) is 9.53 Å². The number of carboxylic acid groups (broad SMARTS) is 1. The van der Waals surface area contributed by atoms with E-state index in [9.17, 15) is 9.59 Å². The first-order valence-electron chi connectivity index (χ1n) is 5.69. The zero-order valence-electron chi connectivity index (χ0n) is 10.8. The molecular formula is C12H17N3O4. The molecule has 7 nitrogen and oxygen atoms in total. The van der Waals surface area contributed by atoms with Crippen molar-refractivity contribution in [2.45, 2.75) is 19.4 Å². The summed E-state index contributed by atoms with van der Waals surface area (Å²) in [5.74, 6) is -1.02. The van der Waals surface area contributed by atoms with Crippen molar-refractivity contribution in [1.82, 2.24) is 4.98 Å². The summed E-state index contributed by atoms with van der Waals surface area (Å²) in [4.78, 5) is 25.9. The van der Waals surface area contributed by atoms with Gasteiger partial charge in [0, 0.05) is 24.9 Å². The summed E-state index contributed by atoms with van der Waals surface area (Å²) in [6, 6.07) is 3.10. The summed E-state index contributed by atoms with van der Waals surface area (Å²) < 4.78 is 5.03. The lowest BCUT2D eigenvalue weighted by Crippen LogP contribution is -2.25. The molecule has 0 fully saturated rings. The first kappa shape index (κ1) is 14.9. The number of pyridine rings is 1. The standard InChI is InChI=1S/C12H17N3O4/c1-7-3-8(12(13)18)4-10(15-7)14-6-9(19-2)5-11(16)17/h3-4,9H,5-6H2,1-2H3,(H2,13,18)(H,14,15)(H,16,17). The normalized spacial score (nSPS) is 11.9. The molecule has 0 bridgehead atoms. The van der Waals surface area contributed by atoms with Crippen molar-refractivity contribution >= 4 is 17.7 Å². The van der Waals surface area contributed by atoms with Crippen LogP contribution in [0.15, 0.2) is 12.1 Å². The number of methoxy groups -OCH3 is 1. The van der Waals surface area contributed by atoms with E-state index in [2.05, 4.69) is 10.3 Å². The summed E-state index contributed by atoms with van der Waals surface area (Å²) in [7, 11) is 1.44. The van der Waals surface area contributed by atoms with Crippen molar-refractivity contribution in [3.05, 3.63) is 23.4 Å². The number of amides is 1. The molecule has 0 saturated heterocycles. The van der Waals surface area contributed by atoms with Gasteiger partial charge in [0.15, 0.2) is 0 Å². The number of nitrogens with one attached hydrogen (secondary N) is 1. The van der Waals surface area contributed by atoms with E-state index in [4.69, 9.17) is 15.6 Å². The van der Waals surface area contributed by atoms with Gasteiger partial charge in [-0.3, -0.25) is 9.59 Å². The molecule has 1 rings (SSSR count). The van der Waals surface area contributed by atoms with Crippen LogP contribution in [0.5, 0.6) is 0 Å². The fourth-order valence-corrected chi connectivity index (χ4v) is 1.55. The Morgan fingerprint density at radius 2 is 2.21 bits per heavy atom. The fraction of sp³-hybridized carbons (Fsp3) is 0.417. The van der Waals surface area contributed by atoms with Gasteiger partial charge in [-0.15, -0.1) is 0 Å². The van der Waals surface area contributed by atoms with Crippen LogP contribution in [0.2, 0.25) is 0 Å². The Hall–Kier alpha value is -2.15. The minimum Gasteiger partial charge on any atom is -0.481 e. The highest BCUT2D eigenvalue weighted by molar-refractivity contribution is 5.93. The van der Waals surface area contributed by atoms with Crippen molar-refractivity contribution in [2.75, 3.05) is 19.0 Å². The van der Waals surface area contributed by atoms with Gasteiger partial charge < -0.3 is 20.9 Å². The maximum Gasteiger partial charge on any atom is 0.306 e. The number of nitrogens with two attached hydrogens (primary N) is 1. The van der Waals surface area contributed by atoms with Crippen molar-refractivity contribution in [1.29, 1.82) is 0 Å². The highest BCUT2D eigenvalue weighted by Crippen LogP contribution is 2.10. The number of hydrogen-bond donors (Lipinski definition) is 3. The Morgan fingerprint density at radius 1 is 1.53 bits per heavy atom. The number of aromatic nitrogens is 1. The first-order valence-corrected chi connectivity index (χ1v) is 5.69. The molecule has 1 unspecified atom stereocenters. The van der Waals surface area contributed by atoms with E-state index in [1.807, 2.05) is 0 Å². The minimum atomic E-state index is -0.941. The van der Waals surface area contributed by atoms with Crippen LogP contribution in [0.3, 0.4) is 0 Å². The first-order chi connectivity index (χ1) is 8.92. The largest absolute Gasteiger partial charge is 0.481 e. The van der Waals surface area contributed by atoms with Crippen LogP contribution in [-0.4, -0.2) is 41.7 Å². The van der Waals surface area contributed by atoms with Gasteiger partial charge in [0.2, 0.25) is 5.91 Å². The van der Waals surface area contributed by atoms with Gasteiger partial charge in [-0.2, -0.15) is 0 Å². The van der Waals surface area contributed by atoms with E-state index in [0.29, 0.717) is 17.1 Å². The van der Waals surface area contributed by atoms with Gasteiger partial charge in [0.05, 0.1) is 12.5 Å². The van der Waals surface area contributed by atoms with E-state index < -0.39 is 18.0 Å². The molecule has 0 radical (unpaired) electrons. The van der Waals surface area contributed by atoms with Gasteiger partial charge in [0.1, 0.15) is 5.82 Å². The topological polar surface area (TPSA) is 115 Å². The molecule has 19 heavy (non-hydrogen) atoms. The third kappa shape index (κ3) is 4.92. The highest BCUT2D eigenvalue weighted by atomic mass is 16.5. The van der Waals surface area contributed by atoms with Crippen molar-refractivity contribution in [3.63, 3.8) is 0 Å². The van der Waals surface area contributed by atoms with Crippen molar-refractivity contribution in [2.24, 2.45) is 5.73 Å². The van der Waals surface area contributed by atoms with E-state index in [-0.39, 0.29) is 13.0 Å². The molecule has 0 aromatic carbocycles. The Balaban J connectivity index is 2.71. The Bertz CT molecular complexity index is 476. The number of nitrogens with zero attached hydrogens (tertiary/aromatic N) is 1. The maximum atomic E-state index is 11.1. The lowest BCUT2D eigenvalue weighted by atomic mass is 10.2. The second-order valence-corrected chi connectivity index (χ2v) is 4.08. The summed E-state index contributed by atoms with van der Waals surface area (Å²) in [5, 5.41) is 11.6. The number of rotatable bonds is 7. The monoisotopic (exact) mass is 267 g/mol. The van der Waals surface area contributed by atoms with Gasteiger partial charge in [-0.25, -0.2) is 4.98 Å². The molecule has 7 heteroatoms. The average Bonchev–Trinajstić information content (AvgIpc) is 2.33. The van der Waals surface area contributed by atoms with Crippen LogP contribution >= 0.6 is 0 Å². The number of carbonyl (C=O) groups excluding carboxylic acids is 1. The number of anilines is 1. The maximum absolute atomic E-state index is 11.1. The second-order valence-electron chi connectivity index (χ2n) is 4.08. The molecule has 0 aliphatic heterocycles. The molecular weight excluding hydrogens is 250 g/mol. The van der Waals surface area contributed by atoms with Crippen molar-refractivity contribution in [3.8, 4) is 0 Å². The summed E-state index contributed by atoms with van der Waals surface area (Å²) in [6.45, 7) is 2.01. The average molecular weight is 267 g/mol. The molecule has 0 aliphatic rings. The van der Waals surface area contributed by atoms with Crippen LogP contribution in [0.25, 0.3) is 0 Å². The number of ether oxygens (including phenoxy) is 1. The van der Waals surface area contributed by atoms with E-state index in [0.717, 1.165) is 0 Å². The molecule has 0 aliphatic carbocycles. The lowest BCUT2D eigenvalue weighted by Gasteiger charge is -2.15. The number of carboxylic acids is 1. The smallest absolute Gasteiger partial charge is 0.306 e. The number of primary amides is 1. The Morgan fingerprint density at radius 3 is 2.74 bits per heavy atom. The van der Waals surface area contributed by atoms with E-state index >= 15 is 0 Å². The minimum absolute atomic E-state index is 0.113. The van der Waals surface area contributed by atoms with E-state index in [1.54, 1.807) is 13.0 Å². The summed E-state index contributed by atoms with van der Waals surface area (Å²) in [6.07, 6.45) is -0.588. The summed E-state index contributed by atoms with van der Waals surface area (Å²) in [5.41, 5.74) is 6.20. The predicted molar refractivity (Wildman–Crippen MR) is 69.0 cm³/mol. The zero-order valence-corrected chi connectivity index (χ0v) is 10.8. The van der Waals surface area contributed by atoms with Crippen LogP contribution < -0.4 is 11.1 Å². The quantitative estimate of drug-likeness (QED) is 0.658. The number of aryl methyl sites for hydroxylation is 1. The van der Waals surface area contributed by atoms with Crippen LogP contribution in [0.1, 0.15) is 22.5 Å². The van der Waals surface area contributed by atoms with Gasteiger partial charge >= 0.3 is 5.97 Å². The number of hydrogen-bond acceptors (Lipinski definition) is 5. The molecule has 104 valence electrons. The van der Waals surface area contributed by atoms with Gasteiger partial charge in [-0.1, -0.05) is 0 Å². The molecule has 1 atom stereocenters. The molecule has 1 amide bonds. The summed E-state index contributed by atoms with van der Waals surface area (Å²) >= 11 is 0. The van der Waals surface area contributed by atoms with Gasteiger partial charge in [0.25, 0.3) is 0 Å². The molecule has 1 aromatic heterocycles. The molecule has 0 spiro atoms. The SMILES string of the molecule is COC(CNc1cc(C(N)=O)cc(C)n1)CC(=O)O. The highest BCUT2D eigenvalue weighted by Gasteiger charge is 2.13. The molecule has 1 aromatic rings. The molecule has 1 heterocycles. The molecule has 4 N–H and O–H groups in total. The Kier molecular flexibility index (Phi) is 5.25. The second kappa shape index (κ2) is 6.69. The zero-order chi connectivity index (χ0) is 14.4. The third-order valence-corrected chi connectivity index (χ3v) is 2.48. The predicted octanol–water partition coefficient (Wildman–Crippen LogP) is 0.391. The number of aliphatic carboxylic acids is 1. The van der Waals surface area contributed by atoms with Crippen molar-refractivity contribution < 1.29 is 19.4 Å². The van der Waals surface area contributed by atoms with Gasteiger partial charge in [-0.05, 0) is 19.1 Å². The Labute approximate surface area is 110 Å².